The van der Waals surface area contributed by atoms with E-state index in [9.17, 15) is 8.42 Å². The van der Waals surface area contributed by atoms with E-state index in [1.165, 1.54) is 0 Å². The highest BCUT2D eigenvalue weighted by Crippen LogP contribution is 2.26. The lowest BCUT2D eigenvalue weighted by molar-refractivity contribution is 0.122. The average molecular weight is 462 g/mol. The van der Waals surface area contributed by atoms with Gasteiger partial charge in [-0.05, 0) is 44.5 Å². The van der Waals surface area contributed by atoms with Gasteiger partial charge < -0.3 is 19.3 Å². The first-order valence-electron chi connectivity index (χ1n) is 11.1. The average Bonchev–Trinajstić information content (AvgIpc) is 2.81. The standard InChI is InChI=1S/C22H31N5O4S/c1-4-31-20-6-5-19(15-17(20)2)32(28,29)27-9-7-25(8-10-27)21-16-22(24-18(3)23-21)26-11-13-30-14-12-26/h5-6,15-16H,4,7-14H2,1-3H3. The van der Waals surface area contributed by atoms with Gasteiger partial charge in [0.05, 0.1) is 24.7 Å². The molecule has 174 valence electrons. The zero-order valence-corrected chi connectivity index (χ0v) is 19.8. The van der Waals surface area contributed by atoms with Crippen LogP contribution in [0.15, 0.2) is 29.2 Å². The Bertz CT molecular complexity index is 1050. The monoisotopic (exact) mass is 461 g/mol. The van der Waals surface area contributed by atoms with Crippen LogP contribution < -0.4 is 14.5 Å². The van der Waals surface area contributed by atoms with Gasteiger partial charge in [0, 0.05) is 45.3 Å². The van der Waals surface area contributed by atoms with Crippen molar-refractivity contribution in [3.05, 3.63) is 35.7 Å². The SMILES string of the molecule is CCOc1ccc(S(=O)(=O)N2CCN(c3cc(N4CCOCC4)nc(C)n3)CC2)cc1C. The van der Waals surface area contributed by atoms with Crippen molar-refractivity contribution in [1.82, 2.24) is 14.3 Å². The van der Waals surface area contributed by atoms with Crippen LogP contribution in [0.2, 0.25) is 0 Å². The van der Waals surface area contributed by atoms with Crippen LogP contribution in [0.4, 0.5) is 11.6 Å². The number of ether oxygens (including phenoxy) is 2. The second kappa shape index (κ2) is 9.60. The van der Waals surface area contributed by atoms with Crippen molar-refractivity contribution >= 4 is 21.7 Å². The summed E-state index contributed by atoms with van der Waals surface area (Å²) in [7, 11) is -3.56. The second-order valence-corrected chi connectivity index (χ2v) is 9.92. The maximum atomic E-state index is 13.2. The van der Waals surface area contributed by atoms with E-state index < -0.39 is 10.0 Å². The number of piperazine rings is 1. The Morgan fingerprint density at radius 1 is 0.938 bits per heavy atom. The Hall–Kier alpha value is -2.43. The van der Waals surface area contributed by atoms with Gasteiger partial charge in [0.1, 0.15) is 23.2 Å². The molecule has 3 heterocycles. The smallest absolute Gasteiger partial charge is 0.243 e. The number of rotatable bonds is 6. The van der Waals surface area contributed by atoms with Crippen molar-refractivity contribution in [2.24, 2.45) is 0 Å². The largest absolute Gasteiger partial charge is 0.494 e. The van der Waals surface area contributed by atoms with Gasteiger partial charge in [0.15, 0.2) is 0 Å². The molecule has 9 nitrogen and oxygen atoms in total. The van der Waals surface area contributed by atoms with E-state index in [2.05, 4.69) is 19.8 Å². The van der Waals surface area contributed by atoms with Gasteiger partial charge in [-0.25, -0.2) is 18.4 Å². The lowest BCUT2D eigenvalue weighted by Crippen LogP contribution is -2.49. The molecule has 1 aromatic carbocycles. The summed E-state index contributed by atoms with van der Waals surface area (Å²) >= 11 is 0. The van der Waals surface area contributed by atoms with Crippen molar-refractivity contribution < 1.29 is 17.9 Å². The predicted octanol–water partition coefficient (Wildman–Crippen LogP) is 1.84. The normalized spacial score (nSPS) is 18.1. The zero-order chi connectivity index (χ0) is 22.7. The molecule has 0 bridgehead atoms. The van der Waals surface area contributed by atoms with Crippen molar-refractivity contribution in [1.29, 1.82) is 0 Å². The molecule has 0 N–H and O–H groups in total. The van der Waals surface area contributed by atoms with E-state index in [0.717, 1.165) is 30.3 Å². The molecule has 32 heavy (non-hydrogen) atoms. The van der Waals surface area contributed by atoms with Gasteiger partial charge in [0.25, 0.3) is 0 Å². The third kappa shape index (κ3) is 4.82. The zero-order valence-electron chi connectivity index (χ0n) is 19.0. The Balaban J connectivity index is 1.46. The summed E-state index contributed by atoms with van der Waals surface area (Å²) in [5.41, 5.74) is 0.818. The third-order valence-corrected chi connectivity index (χ3v) is 7.69. The van der Waals surface area contributed by atoms with Crippen LogP contribution in [-0.2, 0) is 14.8 Å². The molecule has 0 unspecified atom stereocenters. The van der Waals surface area contributed by atoms with Crippen LogP contribution in [0.25, 0.3) is 0 Å². The summed E-state index contributed by atoms with van der Waals surface area (Å²) in [4.78, 5) is 13.8. The fourth-order valence-electron chi connectivity index (χ4n) is 4.06. The quantitative estimate of drug-likeness (QED) is 0.644. The molecule has 0 aliphatic carbocycles. The molecule has 0 atom stereocenters. The summed E-state index contributed by atoms with van der Waals surface area (Å²) in [5, 5.41) is 0. The number of nitrogens with zero attached hydrogens (tertiary/aromatic N) is 5. The first-order chi connectivity index (χ1) is 15.4. The third-order valence-electron chi connectivity index (χ3n) is 5.79. The number of aromatic nitrogens is 2. The highest BCUT2D eigenvalue weighted by molar-refractivity contribution is 7.89. The summed E-state index contributed by atoms with van der Waals surface area (Å²) in [6.45, 7) is 11.2. The highest BCUT2D eigenvalue weighted by Gasteiger charge is 2.30. The Morgan fingerprint density at radius 2 is 1.56 bits per heavy atom. The molecule has 2 fully saturated rings. The molecular weight excluding hydrogens is 430 g/mol. The fourth-order valence-corrected chi connectivity index (χ4v) is 5.57. The summed E-state index contributed by atoms with van der Waals surface area (Å²) in [5.74, 6) is 3.17. The van der Waals surface area contributed by atoms with Crippen LogP contribution in [0, 0.1) is 13.8 Å². The summed E-state index contributed by atoms with van der Waals surface area (Å²) < 4.78 is 38.9. The van der Waals surface area contributed by atoms with Gasteiger partial charge in [-0.1, -0.05) is 0 Å². The first kappa shape index (κ1) is 22.8. The molecule has 0 radical (unpaired) electrons. The van der Waals surface area contributed by atoms with Crippen molar-refractivity contribution in [2.45, 2.75) is 25.7 Å². The Kier molecular flexibility index (Phi) is 6.82. The number of morpholine rings is 1. The van der Waals surface area contributed by atoms with Crippen molar-refractivity contribution in [3.63, 3.8) is 0 Å². The number of hydrogen-bond acceptors (Lipinski definition) is 8. The van der Waals surface area contributed by atoms with Gasteiger partial charge >= 0.3 is 0 Å². The molecule has 2 aromatic rings. The molecule has 0 saturated carbocycles. The fraction of sp³-hybridized carbons (Fsp3) is 0.545. The van der Waals surface area contributed by atoms with Crippen LogP contribution in [0.3, 0.4) is 0 Å². The van der Waals surface area contributed by atoms with E-state index in [0.29, 0.717) is 62.5 Å². The van der Waals surface area contributed by atoms with Crippen LogP contribution in [0.5, 0.6) is 5.75 Å². The number of hydrogen-bond donors (Lipinski definition) is 0. The summed E-state index contributed by atoms with van der Waals surface area (Å²) in [6, 6.07) is 7.05. The minimum Gasteiger partial charge on any atom is -0.494 e. The molecule has 2 saturated heterocycles. The van der Waals surface area contributed by atoms with Crippen molar-refractivity contribution in [2.75, 3.05) is 68.9 Å². The van der Waals surface area contributed by atoms with Crippen LogP contribution >= 0.6 is 0 Å². The molecule has 0 amide bonds. The van der Waals surface area contributed by atoms with E-state index in [4.69, 9.17) is 9.47 Å². The van der Waals surface area contributed by atoms with E-state index in [1.54, 1.807) is 22.5 Å². The minimum absolute atomic E-state index is 0.305. The Labute approximate surface area is 190 Å². The molecule has 0 spiro atoms. The topological polar surface area (TPSA) is 88.1 Å². The lowest BCUT2D eigenvalue weighted by Gasteiger charge is -2.35. The molecule has 2 aliphatic heterocycles. The number of sulfonamides is 1. The molecule has 2 aliphatic rings. The van der Waals surface area contributed by atoms with Gasteiger partial charge in [-0.3, -0.25) is 0 Å². The Morgan fingerprint density at radius 3 is 2.16 bits per heavy atom. The summed E-state index contributed by atoms with van der Waals surface area (Å²) in [6.07, 6.45) is 0. The van der Waals surface area contributed by atoms with Gasteiger partial charge in [-0.15, -0.1) is 0 Å². The number of benzene rings is 1. The maximum absolute atomic E-state index is 13.2. The molecular formula is C22H31N5O4S. The molecule has 1 aromatic heterocycles. The van der Waals surface area contributed by atoms with E-state index in [-0.39, 0.29) is 0 Å². The van der Waals surface area contributed by atoms with Gasteiger partial charge in [0.2, 0.25) is 10.0 Å². The predicted molar refractivity (Wildman–Crippen MR) is 123 cm³/mol. The van der Waals surface area contributed by atoms with E-state index >= 15 is 0 Å². The van der Waals surface area contributed by atoms with Gasteiger partial charge in [-0.2, -0.15) is 4.31 Å². The number of anilines is 2. The van der Waals surface area contributed by atoms with Crippen LogP contribution in [0.1, 0.15) is 18.3 Å². The first-order valence-corrected chi connectivity index (χ1v) is 12.5. The number of aryl methyl sites for hydroxylation is 2. The van der Waals surface area contributed by atoms with Crippen molar-refractivity contribution in [3.8, 4) is 5.75 Å². The maximum Gasteiger partial charge on any atom is 0.243 e. The van der Waals surface area contributed by atoms with Crippen LogP contribution in [-0.4, -0.2) is 81.8 Å². The van der Waals surface area contributed by atoms with E-state index in [1.807, 2.05) is 26.8 Å². The minimum atomic E-state index is -3.56. The second-order valence-electron chi connectivity index (χ2n) is 7.98. The highest BCUT2D eigenvalue weighted by atomic mass is 32.2. The molecule has 10 heteroatoms. The molecule has 4 rings (SSSR count). The lowest BCUT2D eigenvalue weighted by atomic mass is 10.2.